The van der Waals surface area contributed by atoms with Crippen molar-refractivity contribution in [1.82, 2.24) is 0 Å². The molecule has 0 saturated heterocycles. The fraction of sp³-hybridized carbons (Fsp3) is 0.500. The van der Waals surface area contributed by atoms with E-state index in [0.29, 0.717) is 18.2 Å². The van der Waals surface area contributed by atoms with Crippen molar-refractivity contribution in [2.45, 2.75) is 26.4 Å². The third-order valence-electron chi connectivity index (χ3n) is 2.63. The Labute approximate surface area is 104 Å². The van der Waals surface area contributed by atoms with Gasteiger partial charge in [0.15, 0.2) is 0 Å². The Bertz CT molecular complexity index is 377. The van der Waals surface area contributed by atoms with Gasteiger partial charge in [0.2, 0.25) is 0 Å². The lowest BCUT2D eigenvalue weighted by Gasteiger charge is -2.14. The van der Waals surface area contributed by atoms with Gasteiger partial charge in [-0.3, -0.25) is 0 Å². The number of hydrogen-bond donors (Lipinski definition) is 1. The molecule has 1 N–H and O–H groups in total. The second-order valence-electron chi connectivity index (χ2n) is 4.09. The van der Waals surface area contributed by atoms with Gasteiger partial charge in [0.25, 0.3) is 0 Å². The monoisotopic (exact) mass is 265 g/mol. The predicted molar refractivity (Wildman–Crippen MR) is 64.4 cm³/mol. The van der Waals surface area contributed by atoms with Crippen LogP contribution in [-0.4, -0.2) is 6.54 Å². The van der Waals surface area contributed by atoms with Crippen molar-refractivity contribution >= 4 is 17.3 Å². The fourth-order valence-corrected chi connectivity index (χ4v) is 1.51. The Morgan fingerprint density at radius 2 is 2.00 bits per heavy atom. The summed E-state index contributed by atoms with van der Waals surface area (Å²) in [5.41, 5.74) is -0.184. The minimum Gasteiger partial charge on any atom is -0.384 e. The predicted octanol–water partition coefficient (Wildman–Crippen LogP) is 4.82. The Hall–Kier alpha value is -0.900. The van der Waals surface area contributed by atoms with Crippen LogP contribution in [0.4, 0.5) is 18.9 Å². The summed E-state index contributed by atoms with van der Waals surface area (Å²) in [5.74, 6) is 0.452. The summed E-state index contributed by atoms with van der Waals surface area (Å²) in [7, 11) is 0. The summed E-state index contributed by atoms with van der Waals surface area (Å²) in [4.78, 5) is 0. The Kier molecular flexibility index (Phi) is 4.69. The quantitative estimate of drug-likeness (QED) is 0.823. The van der Waals surface area contributed by atoms with Crippen LogP contribution in [0.25, 0.3) is 0 Å². The van der Waals surface area contributed by atoms with Crippen molar-refractivity contribution in [2.75, 3.05) is 11.9 Å². The Balaban J connectivity index is 2.77. The number of nitrogens with one attached hydrogen (secondary N) is 1. The fourth-order valence-electron chi connectivity index (χ4n) is 1.26. The van der Waals surface area contributed by atoms with Gasteiger partial charge >= 0.3 is 6.18 Å². The Morgan fingerprint density at radius 3 is 2.47 bits per heavy atom. The van der Waals surface area contributed by atoms with Gasteiger partial charge in [-0.05, 0) is 24.1 Å². The minimum atomic E-state index is -4.35. The average Bonchev–Trinajstić information content (AvgIpc) is 2.25. The standard InChI is InChI=1S/C12H15ClF3N/c1-3-8(2)7-17-11-5-4-9(6-10(11)13)12(14,15)16/h4-6,8,17H,3,7H2,1-2H3. The molecule has 0 amide bonds. The third-order valence-corrected chi connectivity index (χ3v) is 2.95. The smallest absolute Gasteiger partial charge is 0.384 e. The molecule has 1 unspecified atom stereocenters. The molecular weight excluding hydrogens is 251 g/mol. The molecule has 0 fully saturated rings. The van der Waals surface area contributed by atoms with Gasteiger partial charge in [0.05, 0.1) is 16.3 Å². The zero-order valence-corrected chi connectivity index (χ0v) is 10.5. The van der Waals surface area contributed by atoms with Crippen LogP contribution in [0.15, 0.2) is 18.2 Å². The molecule has 0 aliphatic heterocycles. The number of alkyl halides is 3. The van der Waals surface area contributed by atoms with E-state index in [4.69, 9.17) is 11.6 Å². The van der Waals surface area contributed by atoms with E-state index >= 15 is 0 Å². The van der Waals surface area contributed by atoms with Crippen LogP contribution < -0.4 is 5.32 Å². The van der Waals surface area contributed by atoms with Crippen molar-refractivity contribution in [3.8, 4) is 0 Å². The summed E-state index contributed by atoms with van der Waals surface area (Å²) in [6.07, 6.45) is -3.34. The van der Waals surface area contributed by atoms with Crippen molar-refractivity contribution in [2.24, 2.45) is 5.92 Å². The molecule has 5 heteroatoms. The van der Waals surface area contributed by atoms with Crippen molar-refractivity contribution in [3.05, 3.63) is 28.8 Å². The highest BCUT2D eigenvalue weighted by molar-refractivity contribution is 6.33. The largest absolute Gasteiger partial charge is 0.416 e. The van der Waals surface area contributed by atoms with E-state index in [0.717, 1.165) is 18.6 Å². The van der Waals surface area contributed by atoms with Gasteiger partial charge in [0.1, 0.15) is 0 Å². The lowest BCUT2D eigenvalue weighted by atomic mass is 10.1. The third kappa shape index (κ3) is 4.11. The first-order valence-corrected chi connectivity index (χ1v) is 5.83. The summed E-state index contributed by atoms with van der Waals surface area (Å²) in [5, 5.41) is 3.14. The number of halogens is 4. The lowest BCUT2D eigenvalue weighted by molar-refractivity contribution is -0.137. The number of hydrogen-bond acceptors (Lipinski definition) is 1. The molecule has 0 bridgehead atoms. The first kappa shape index (κ1) is 14.2. The molecule has 1 aromatic rings. The highest BCUT2D eigenvalue weighted by Gasteiger charge is 2.30. The van der Waals surface area contributed by atoms with Crippen molar-refractivity contribution in [3.63, 3.8) is 0 Å². The molecule has 0 aliphatic carbocycles. The van der Waals surface area contributed by atoms with Crippen LogP contribution in [0.1, 0.15) is 25.8 Å². The molecule has 0 radical (unpaired) electrons. The molecule has 1 aromatic carbocycles. The zero-order chi connectivity index (χ0) is 13.1. The Morgan fingerprint density at radius 1 is 1.35 bits per heavy atom. The van der Waals surface area contributed by atoms with Crippen LogP contribution in [0.5, 0.6) is 0 Å². The van der Waals surface area contributed by atoms with E-state index in [9.17, 15) is 13.2 Å². The van der Waals surface area contributed by atoms with Gasteiger partial charge in [-0.1, -0.05) is 31.9 Å². The van der Waals surface area contributed by atoms with Crippen LogP contribution in [0.2, 0.25) is 5.02 Å². The molecule has 0 saturated carbocycles. The van der Waals surface area contributed by atoms with Crippen molar-refractivity contribution < 1.29 is 13.2 Å². The normalized spacial score (nSPS) is 13.5. The number of rotatable bonds is 4. The van der Waals surface area contributed by atoms with Crippen LogP contribution in [-0.2, 0) is 6.18 Å². The molecular formula is C12H15ClF3N. The molecule has 0 aliphatic rings. The molecule has 96 valence electrons. The van der Waals surface area contributed by atoms with E-state index < -0.39 is 11.7 Å². The van der Waals surface area contributed by atoms with Crippen LogP contribution in [0, 0.1) is 5.92 Å². The van der Waals surface area contributed by atoms with Crippen molar-refractivity contribution in [1.29, 1.82) is 0 Å². The minimum absolute atomic E-state index is 0.100. The molecule has 1 atom stereocenters. The van der Waals surface area contributed by atoms with E-state index in [1.54, 1.807) is 0 Å². The molecule has 0 aromatic heterocycles. The number of benzene rings is 1. The van der Waals surface area contributed by atoms with E-state index in [-0.39, 0.29) is 5.02 Å². The van der Waals surface area contributed by atoms with E-state index in [1.165, 1.54) is 6.07 Å². The van der Waals surface area contributed by atoms with E-state index in [1.807, 2.05) is 0 Å². The number of anilines is 1. The summed E-state index contributed by atoms with van der Waals surface area (Å²) in [6.45, 7) is 4.81. The first-order chi connectivity index (χ1) is 7.84. The SMILES string of the molecule is CCC(C)CNc1ccc(C(F)(F)F)cc1Cl. The van der Waals surface area contributed by atoms with Gasteiger partial charge < -0.3 is 5.32 Å². The second kappa shape index (κ2) is 5.63. The molecule has 1 nitrogen and oxygen atoms in total. The van der Waals surface area contributed by atoms with Gasteiger partial charge in [-0.2, -0.15) is 13.2 Å². The summed E-state index contributed by atoms with van der Waals surface area (Å²) >= 11 is 5.80. The average molecular weight is 266 g/mol. The summed E-state index contributed by atoms with van der Waals surface area (Å²) < 4.78 is 37.2. The zero-order valence-electron chi connectivity index (χ0n) is 9.74. The summed E-state index contributed by atoms with van der Waals surface area (Å²) in [6, 6.07) is 3.35. The maximum atomic E-state index is 12.4. The highest BCUT2D eigenvalue weighted by Crippen LogP contribution is 2.33. The molecule has 17 heavy (non-hydrogen) atoms. The highest BCUT2D eigenvalue weighted by atomic mass is 35.5. The first-order valence-electron chi connectivity index (χ1n) is 5.45. The molecule has 0 spiro atoms. The van der Waals surface area contributed by atoms with E-state index in [2.05, 4.69) is 19.2 Å². The lowest BCUT2D eigenvalue weighted by Crippen LogP contribution is -2.11. The van der Waals surface area contributed by atoms with Crippen LogP contribution in [0.3, 0.4) is 0 Å². The maximum absolute atomic E-state index is 12.4. The van der Waals surface area contributed by atoms with Gasteiger partial charge in [-0.15, -0.1) is 0 Å². The second-order valence-corrected chi connectivity index (χ2v) is 4.49. The van der Waals surface area contributed by atoms with Gasteiger partial charge in [-0.25, -0.2) is 0 Å². The topological polar surface area (TPSA) is 12.0 Å². The molecule has 1 rings (SSSR count). The van der Waals surface area contributed by atoms with Crippen LogP contribution >= 0.6 is 11.6 Å². The van der Waals surface area contributed by atoms with Gasteiger partial charge in [0, 0.05) is 6.54 Å². The maximum Gasteiger partial charge on any atom is 0.416 e. The molecule has 0 heterocycles.